The van der Waals surface area contributed by atoms with Crippen LogP contribution in [-0.2, 0) is 4.79 Å². The number of carbonyl (C=O) groups excluding carboxylic acids is 2. The first-order valence-corrected chi connectivity index (χ1v) is 9.64. The van der Waals surface area contributed by atoms with Gasteiger partial charge >= 0.3 is 0 Å². The Morgan fingerprint density at radius 3 is 2.63 bits per heavy atom. The van der Waals surface area contributed by atoms with E-state index < -0.39 is 0 Å². The molecule has 1 aromatic carbocycles. The Morgan fingerprint density at radius 1 is 1.07 bits per heavy atom. The number of hydrogen-bond acceptors (Lipinski definition) is 4. The van der Waals surface area contributed by atoms with Crippen LogP contribution in [0.3, 0.4) is 0 Å². The monoisotopic (exact) mass is 404 g/mol. The van der Waals surface area contributed by atoms with E-state index >= 15 is 0 Å². The van der Waals surface area contributed by atoms with Crippen molar-refractivity contribution in [1.82, 2.24) is 20.2 Å². The molecule has 2 amide bonds. The van der Waals surface area contributed by atoms with Crippen molar-refractivity contribution < 1.29 is 9.59 Å². The van der Waals surface area contributed by atoms with Crippen LogP contribution in [0.25, 0.3) is 11.3 Å². The molecule has 0 bridgehead atoms. The van der Waals surface area contributed by atoms with Gasteiger partial charge in [0.2, 0.25) is 5.91 Å². The number of aromatic nitrogens is 2. The van der Waals surface area contributed by atoms with E-state index in [4.69, 9.17) is 23.2 Å². The Hall–Kier alpha value is -2.18. The van der Waals surface area contributed by atoms with E-state index in [2.05, 4.69) is 15.3 Å². The fraction of sp³-hybridized carbons (Fsp3) is 0.368. The Balaban J connectivity index is 1.47. The number of halogens is 2. The highest BCUT2D eigenvalue weighted by atomic mass is 35.5. The molecule has 1 aromatic heterocycles. The standard InChI is InChI=1S/C19H18Cl2N4O2/c20-14-4-1-11(7-15(14)21)16-8-17(23-10-22-16)19(27)25-6-5-12(9-25)18(26)24-13-2-3-13/h1,4,7-8,10,12-13H,2-3,5-6,9H2,(H,24,26). The summed E-state index contributed by atoms with van der Waals surface area (Å²) >= 11 is 12.0. The van der Waals surface area contributed by atoms with Gasteiger partial charge in [-0.15, -0.1) is 0 Å². The van der Waals surface area contributed by atoms with Crippen LogP contribution in [-0.4, -0.2) is 45.8 Å². The van der Waals surface area contributed by atoms with Gasteiger partial charge in [-0.1, -0.05) is 29.3 Å². The van der Waals surface area contributed by atoms with Crippen molar-refractivity contribution in [3.05, 3.63) is 46.3 Å². The van der Waals surface area contributed by atoms with Crippen molar-refractivity contribution in [1.29, 1.82) is 0 Å². The maximum atomic E-state index is 12.8. The summed E-state index contributed by atoms with van der Waals surface area (Å²) in [5.74, 6) is -0.293. The van der Waals surface area contributed by atoms with Crippen LogP contribution >= 0.6 is 23.2 Å². The minimum atomic E-state index is -0.194. The molecule has 2 fully saturated rings. The van der Waals surface area contributed by atoms with Crippen LogP contribution in [0.1, 0.15) is 29.8 Å². The first kappa shape index (κ1) is 18.2. The molecule has 1 saturated heterocycles. The summed E-state index contributed by atoms with van der Waals surface area (Å²) in [7, 11) is 0. The molecule has 1 aliphatic carbocycles. The molecule has 1 saturated carbocycles. The SMILES string of the molecule is O=C(NC1CC1)C1CCN(C(=O)c2cc(-c3ccc(Cl)c(Cl)c3)ncn2)C1. The first-order chi connectivity index (χ1) is 13.0. The number of carbonyl (C=O) groups is 2. The number of amides is 2. The highest BCUT2D eigenvalue weighted by Gasteiger charge is 2.34. The molecule has 1 atom stereocenters. The van der Waals surface area contributed by atoms with Gasteiger partial charge in [-0.25, -0.2) is 9.97 Å². The average molecular weight is 405 g/mol. The molecule has 27 heavy (non-hydrogen) atoms. The lowest BCUT2D eigenvalue weighted by Crippen LogP contribution is -2.35. The Bertz CT molecular complexity index is 901. The zero-order chi connectivity index (χ0) is 19.0. The van der Waals surface area contributed by atoms with Crippen molar-refractivity contribution in [3.63, 3.8) is 0 Å². The zero-order valence-electron chi connectivity index (χ0n) is 14.5. The summed E-state index contributed by atoms with van der Waals surface area (Å²) in [4.78, 5) is 35.0. The lowest BCUT2D eigenvalue weighted by atomic mass is 10.1. The second-order valence-electron chi connectivity index (χ2n) is 6.94. The van der Waals surface area contributed by atoms with Crippen molar-refractivity contribution in [3.8, 4) is 11.3 Å². The van der Waals surface area contributed by atoms with Gasteiger partial charge in [-0.05, 0) is 37.5 Å². The summed E-state index contributed by atoms with van der Waals surface area (Å²) in [5, 5.41) is 3.89. The van der Waals surface area contributed by atoms with Gasteiger partial charge in [-0.3, -0.25) is 9.59 Å². The normalized spacial score (nSPS) is 19.2. The van der Waals surface area contributed by atoms with Gasteiger partial charge in [0, 0.05) is 24.7 Å². The molecule has 2 aliphatic rings. The molecule has 2 aromatic rings. The smallest absolute Gasteiger partial charge is 0.272 e. The number of nitrogens with zero attached hydrogens (tertiary/aromatic N) is 3. The summed E-state index contributed by atoms with van der Waals surface area (Å²) in [6, 6.07) is 7.15. The van der Waals surface area contributed by atoms with Crippen LogP contribution < -0.4 is 5.32 Å². The fourth-order valence-electron chi connectivity index (χ4n) is 3.16. The van der Waals surface area contributed by atoms with Crippen molar-refractivity contribution in [2.75, 3.05) is 13.1 Å². The highest BCUT2D eigenvalue weighted by Crippen LogP contribution is 2.28. The topological polar surface area (TPSA) is 75.2 Å². The molecule has 2 heterocycles. The molecule has 6 nitrogen and oxygen atoms in total. The summed E-state index contributed by atoms with van der Waals surface area (Å²) < 4.78 is 0. The van der Waals surface area contributed by atoms with E-state index in [-0.39, 0.29) is 17.7 Å². The lowest BCUT2D eigenvalue weighted by molar-refractivity contribution is -0.124. The predicted molar refractivity (Wildman–Crippen MR) is 103 cm³/mol. The van der Waals surface area contributed by atoms with E-state index in [1.165, 1.54) is 6.33 Å². The van der Waals surface area contributed by atoms with E-state index in [1.54, 1.807) is 29.2 Å². The largest absolute Gasteiger partial charge is 0.353 e. The second-order valence-corrected chi connectivity index (χ2v) is 7.75. The molecule has 0 spiro atoms. The van der Waals surface area contributed by atoms with Crippen LogP contribution in [0, 0.1) is 5.92 Å². The number of nitrogens with one attached hydrogen (secondary N) is 1. The van der Waals surface area contributed by atoms with Crippen LogP contribution in [0.15, 0.2) is 30.6 Å². The van der Waals surface area contributed by atoms with Gasteiger partial charge in [0.15, 0.2) is 0 Å². The number of benzene rings is 1. The van der Waals surface area contributed by atoms with Crippen molar-refractivity contribution in [2.24, 2.45) is 5.92 Å². The Labute approximate surface area is 166 Å². The molecule has 1 unspecified atom stereocenters. The fourth-order valence-corrected chi connectivity index (χ4v) is 3.45. The van der Waals surface area contributed by atoms with Crippen molar-refractivity contribution in [2.45, 2.75) is 25.3 Å². The van der Waals surface area contributed by atoms with Crippen LogP contribution in [0.2, 0.25) is 10.0 Å². The zero-order valence-corrected chi connectivity index (χ0v) is 16.0. The molecular formula is C19H18Cl2N4O2. The second kappa shape index (κ2) is 7.44. The maximum absolute atomic E-state index is 12.8. The molecule has 8 heteroatoms. The molecule has 140 valence electrons. The molecular weight excluding hydrogens is 387 g/mol. The molecule has 0 radical (unpaired) electrons. The lowest BCUT2D eigenvalue weighted by Gasteiger charge is -2.16. The van der Waals surface area contributed by atoms with Crippen LogP contribution in [0.5, 0.6) is 0 Å². The summed E-state index contributed by atoms with van der Waals surface area (Å²) in [6.45, 7) is 0.969. The van der Waals surface area contributed by atoms with Gasteiger partial charge in [0.25, 0.3) is 5.91 Å². The van der Waals surface area contributed by atoms with Crippen LogP contribution in [0.4, 0.5) is 0 Å². The molecule has 1 N–H and O–H groups in total. The molecule has 4 rings (SSSR count). The predicted octanol–water partition coefficient (Wildman–Crippen LogP) is 3.19. The van der Waals surface area contributed by atoms with E-state index in [0.717, 1.165) is 18.4 Å². The summed E-state index contributed by atoms with van der Waals surface area (Å²) in [5.41, 5.74) is 1.65. The number of hydrogen-bond donors (Lipinski definition) is 1. The van der Waals surface area contributed by atoms with E-state index in [1.807, 2.05) is 0 Å². The quantitative estimate of drug-likeness (QED) is 0.848. The van der Waals surface area contributed by atoms with E-state index in [9.17, 15) is 9.59 Å². The summed E-state index contributed by atoms with van der Waals surface area (Å²) in [6.07, 6.45) is 4.15. The minimum absolute atomic E-state index is 0.0481. The Kier molecular flexibility index (Phi) is 5.02. The van der Waals surface area contributed by atoms with Crippen molar-refractivity contribution >= 4 is 35.0 Å². The maximum Gasteiger partial charge on any atom is 0.272 e. The molecule has 1 aliphatic heterocycles. The minimum Gasteiger partial charge on any atom is -0.353 e. The van der Waals surface area contributed by atoms with E-state index in [0.29, 0.717) is 47.0 Å². The first-order valence-electron chi connectivity index (χ1n) is 8.88. The van der Waals surface area contributed by atoms with Gasteiger partial charge in [-0.2, -0.15) is 0 Å². The van der Waals surface area contributed by atoms with Gasteiger partial charge in [0.05, 0.1) is 21.7 Å². The number of rotatable bonds is 4. The third-order valence-corrected chi connectivity index (χ3v) is 5.61. The third kappa shape index (κ3) is 4.06. The highest BCUT2D eigenvalue weighted by molar-refractivity contribution is 6.42. The Morgan fingerprint density at radius 2 is 1.89 bits per heavy atom. The van der Waals surface area contributed by atoms with Gasteiger partial charge < -0.3 is 10.2 Å². The average Bonchev–Trinajstić information content (AvgIpc) is 3.35. The third-order valence-electron chi connectivity index (χ3n) is 4.87. The van der Waals surface area contributed by atoms with Gasteiger partial charge in [0.1, 0.15) is 12.0 Å². The number of likely N-dealkylation sites (tertiary alicyclic amines) is 1.